The molecule has 0 aliphatic heterocycles. The zero-order valence-corrected chi connectivity index (χ0v) is 16.7. The molecular weight excluding hydrogens is 364 g/mol. The van der Waals surface area contributed by atoms with Gasteiger partial charge in [-0.25, -0.2) is 5.43 Å². The van der Waals surface area contributed by atoms with Gasteiger partial charge in [0.05, 0.1) is 18.3 Å². The molecular formula is C22H24N6O. The van der Waals surface area contributed by atoms with Crippen molar-refractivity contribution in [1.82, 2.24) is 19.7 Å². The normalized spacial score (nSPS) is 11.5. The number of nitrogens with one attached hydrogen (secondary N) is 1. The Hall–Kier alpha value is -3.48. The fourth-order valence-corrected chi connectivity index (χ4v) is 3.22. The Labute approximate surface area is 169 Å². The van der Waals surface area contributed by atoms with Crippen molar-refractivity contribution >= 4 is 34.2 Å². The molecule has 4 rings (SSSR count). The first-order valence-corrected chi connectivity index (χ1v) is 9.93. The van der Waals surface area contributed by atoms with E-state index in [4.69, 9.17) is 4.74 Å². The molecule has 2 aromatic heterocycles. The molecule has 0 spiro atoms. The fraction of sp³-hybridized carbons (Fsp3) is 0.273. The summed E-state index contributed by atoms with van der Waals surface area (Å²) in [7, 11) is 0. The van der Waals surface area contributed by atoms with Gasteiger partial charge in [0.25, 0.3) is 5.95 Å². The van der Waals surface area contributed by atoms with Gasteiger partial charge in [0.2, 0.25) is 0 Å². The molecule has 0 atom stereocenters. The number of aromatic nitrogens is 4. The molecule has 0 radical (unpaired) electrons. The molecule has 0 saturated carbocycles. The number of anilines is 1. The van der Waals surface area contributed by atoms with E-state index >= 15 is 0 Å². The first kappa shape index (κ1) is 18.9. The summed E-state index contributed by atoms with van der Waals surface area (Å²) >= 11 is 0. The summed E-state index contributed by atoms with van der Waals surface area (Å²) in [6.45, 7) is 5.79. The number of fused-ring (bicyclic) bond motifs is 3. The Morgan fingerprint density at radius 2 is 1.90 bits per heavy atom. The average molecular weight is 388 g/mol. The van der Waals surface area contributed by atoms with Crippen LogP contribution in [0.2, 0.25) is 0 Å². The van der Waals surface area contributed by atoms with E-state index in [9.17, 15) is 0 Å². The highest BCUT2D eigenvalue weighted by Crippen LogP contribution is 2.26. The highest BCUT2D eigenvalue weighted by atomic mass is 16.5. The second-order valence-electron chi connectivity index (χ2n) is 6.71. The average Bonchev–Trinajstić information content (AvgIpc) is 3.08. The first-order chi connectivity index (χ1) is 14.3. The lowest BCUT2D eigenvalue weighted by Gasteiger charge is -2.05. The topological polar surface area (TPSA) is 77.2 Å². The number of rotatable bonds is 8. The van der Waals surface area contributed by atoms with Gasteiger partial charge >= 0.3 is 0 Å². The monoisotopic (exact) mass is 388 g/mol. The second kappa shape index (κ2) is 8.68. The molecule has 7 nitrogen and oxygen atoms in total. The summed E-state index contributed by atoms with van der Waals surface area (Å²) in [6.07, 6.45) is 3.90. The van der Waals surface area contributed by atoms with E-state index in [1.54, 1.807) is 6.21 Å². The lowest BCUT2D eigenvalue weighted by Crippen LogP contribution is -2.02. The van der Waals surface area contributed by atoms with Crippen molar-refractivity contribution in [3.05, 3.63) is 54.1 Å². The van der Waals surface area contributed by atoms with E-state index < -0.39 is 0 Å². The van der Waals surface area contributed by atoms with Gasteiger partial charge < -0.3 is 9.30 Å². The van der Waals surface area contributed by atoms with Crippen molar-refractivity contribution in [2.75, 3.05) is 12.0 Å². The second-order valence-corrected chi connectivity index (χ2v) is 6.71. The van der Waals surface area contributed by atoms with Gasteiger partial charge in [-0.15, -0.1) is 10.2 Å². The Morgan fingerprint density at radius 1 is 1.07 bits per heavy atom. The lowest BCUT2D eigenvalue weighted by atomic mass is 10.2. The van der Waals surface area contributed by atoms with Crippen LogP contribution in [0.25, 0.3) is 22.1 Å². The van der Waals surface area contributed by atoms with Crippen LogP contribution in [0.5, 0.6) is 5.75 Å². The van der Waals surface area contributed by atoms with E-state index in [2.05, 4.69) is 50.2 Å². The van der Waals surface area contributed by atoms with Gasteiger partial charge in [-0.2, -0.15) is 10.1 Å². The summed E-state index contributed by atoms with van der Waals surface area (Å²) in [5.74, 6) is 1.24. The molecule has 29 heavy (non-hydrogen) atoms. The van der Waals surface area contributed by atoms with Crippen LogP contribution in [0.3, 0.4) is 0 Å². The predicted molar refractivity (Wildman–Crippen MR) is 117 cm³/mol. The van der Waals surface area contributed by atoms with Crippen LogP contribution in [0.4, 0.5) is 5.95 Å². The molecule has 0 saturated heterocycles. The maximum absolute atomic E-state index is 5.67. The van der Waals surface area contributed by atoms with Gasteiger partial charge in [0, 0.05) is 11.9 Å². The number of hydrazone groups is 1. The van der Waals surface area contributed by atoms with Crippen molar-refractivity contribution in [3.63, 3.8) is 0 Å². The molecule has 0 aliphatic rings. The van der Waals surface area contributed by atoms with Crippen LogP contribution < -0.4 is 10.2 Å². The Balaban J connectivity index is 1.49. The molecule has 2 heterocycles. The number of unbranched alkanes of at least 4 members (excludes halogenated alkanes) is 1. The molecule has 0 bridgehead atoms. The van der Waals surface area contributed by atoms with Gasteiger partial charge in [0.15, 0.2) is 5.65 Å². The van der Waals surface area contributed by atoms with Crippen molar-refractivity contribution in [1.29, 1.82) is 0 Å². The van der Waals surface area contributed by atoms with Crippen LogP contribution in [0.15, 0.2) is 53.6 Å². The van der Waals surface area contributed by atoms with Gasteiger partial charge in [-0.05, 0) is 49.2 Å². The summed E-state index contributed by atoms with van der Waals surface area (Å²) in [5.41, 5.74) is 6.54. The summed E-state index contributed by atoms with van der Waals surface area (Å²) in [6, 6.07) is 15.9. The van der Waals surface area contributed by atoms with Crippen LogP contribution in [0, 0.1) is 0 Å². The minimum atomic E-state index is 0.366. The third kappa shape index (κ3) is 4.03. The molecule has 0 amide bonds. The van der Waals surface area contributed by atoms with Crippen LogP contribution in [-0.2, 0) is 6.54 Å². The van der Waals surface area contributed by atoms with Crippen molar-refractivity contribution in [2.45, 2.75) is 33.2 Å². The maximum Gasteiger partial charge on any atom is 0.265 e. The molecule has 7 heteroatoms. The SMILES string of the molecule is CCCCOc1ccc(/C=N/Nc2nnc3c4ccccc4n(CC)c3n2)cc1. The zero-order valence-electron chi connectivity index (χ0n) is 16.7. The fourth-order valence-electron chi connectivity index (χ4n) is 3.22. The Morgan fingerprint density at radius 3 is 2.69 bits per heavy atom. The summed E-state index contributed by atoms with van der Waals surface area (Å²) in [4.78, 5) is 4.61. The van der Waals surface area contributed by atoms with Gasteiger partial charge in [0.1, 0.15) is 11.3 Å². The Kier molecular flexibility index (Phi) is 5.65. The van der Waals surface area contributed by atoms with E-state index in [-0.39, 0.29) is 0 Å². The number of nitrogens with zero attached hydrogens (tertiary/aromatic N) is 5. The van der Waals surface area contributed by atoms with E-state index in [1.807, 2.05) is 42.5 Å². The molecule has 148 valence electrons. The molecule has 0 fully saturated rings. The van der Waals surface area contributed by atoms with E-state index in [0.29, 0.717) is 5.95 Å². The summed E-state index contributed by atoms with van der Waals surface area (Å²) < 4.78 is 7.80. The highest BCUT2D eigenvalue weighted by Gasteiger charge is 2.13. The summed E-state index contributed by atoms with van der Waals surface area (Å²) in [5, 5.41) is 13.8. The predicted octanol–water partition coefficient (Wildman–Crippen LogP) is 4.62. The smallest absolute Gasteiger partial charge is 0.265 e. The van der Waals surface area contributed by atoms with Crippen LogP contribution >= 0.6 is 0 Å². The number of para-hydroxylation sites is 1. The maximum atomic E-state index is 5.67. The molecule has 4 aromatic rings. The van der Waals surface area contributed by atoms with Crippen molar-refractivity contribution in [3.8, 4) is 5.75 Å². The van der Waals surface area contributed by atoms with Crippen LogP contribution in [0.1, 0.15) is 32.3 Å². The molecule has 1 N–H and O–H groups in total. The van der Waals surface area contributed by atoms with E-state index in [0.717, 1.165) is 59.4 Å². The minimum Gasteiger partial charge on any atom is -0.494 e. The van der Waals surface area contributed by atoms with Gasteiger partial charge in [-0.1, -0.05) is 31.5 Å². The Bertz CT molecular complexity index is 1130. The molecule has 0 aliphatic carbocycles. The number of benzene rings is 2. The standard InChI is InChI=1S/C22H24N6O/c1-3-5-14-29-17-12-10-16(11-13-17)15-23-26-22-24-21-20(25-27-22)18-8-6-7-9-19(18)28(21)4-2/h6-13,15H,3-5,14H2,1-2H3,(H,24,26,27)/b23-15+. The minimum absolute atomic E-state index is 0.366. The third-order valence-corrected chi connectivity index (χ3v) is 4.72. The van der Waals surface area contributed by atoms with Crippen molar-refractivity contribution in [2.24, 2.45) is 5.10 Å². The number of hydrogen-bond donors (Lipinski definition) is 1. The number of ether oxygens (including phenoxy) is 1. The first-order valence-electron chi connectivity index (χ1n) is 9.93. The molecule has 0 unspecified atom stereocenters. The quantitative estimate of drug-likeness (QED) is 0.271. The number of aryl methyl sites for hydroxylation is 1. The van der Waals surface area contributed by atoms with E-state index in [1.165, 1.54) is 0 Å². The zero-order chi connectivity index (χ0) is 20.1. The number of hydrogen-bond acceptors (Lipinski definition) is 6. The molecule has 2 aromatic carbocycles. The van der Waals surface area contributed by atoms with Gasteiger partial charge in [-0.3, -0.25) is 0 Å². The van der Waals surface area contributed by atoms with Crippen LogP contribution in [-0.4, -0.2) is 32.6 Å². The largest absolute Gasteiger partial charge is 0.494 e. The lowest BCUT2D eigenvalue weighted by molar-refractivity contribution is 0.309. The van der Waals surface area contributed by atoms with Crippen molar-refractivity contribution < 1.29 is 4.74 Å². The highest BCUT2D eigenvalue weighted by molar-refractivity contribution is 6.04. The third-order valence-electron chi connectivity index (χ3n) is 4.72.